The van der Waals surface area contributed by atoms with Crippen LogP contribution in [-0.2, 0) is 23.1 Å². The second kappa shape index (κ2) is 9.49. The SMILES string of the molecule is CN(C)CCN(Cc1ccccc1)C(=O)c1cccc(CS(C)=O)c1. The summed E-state index contributed by atoms with van der Waals surface area (Å²) in [7, 11) is 3.08. The van der Waals surface area contributed by atoms with E-state index >= 15 is 0 Å². The molecule has 0 saturated heterocycles. The van der Waals surface area contributed by atoms with E-state index in [-0.39, 0.29) is 5.91 Å². The van der Waals surface area contributed by atoms with Gasteiger partial charge >= 0.3 is 0 Å². The molecule has 0 aromatic heterocycles. The number of likely N-dealkylation sites (N-methyl/N-ethyl adjacent to an activating group) is 1. The van der Waals surface area contributed by atoms with Crippen LogP contribution in [0.3, 0.4) is 0 Å². The standard InChI is InChI=1S/C20H26N2O2S/c1-21(2)12-13-22(15-17-8-5-4-6-9-17)20(23)19-11-7-10-18(14-19)16-25(3)24/h4-11,14H,12-13,15-16H2,1-3H3. The lowest BCUT2D eigenvalue weighted by atomic mass is 10.1. The largest absolute Gasteiger partial charge is 0.333 e. The fourth-order valence-electron chi connectivity index (χ4n) is 2.59. The number of nitrogens with zero attached hydrogens (tertiary/aromatic N) is 2. The quantitative estimate of drug-likeness (QED) is 0.729. The molecule has 0 aliphatic heterocycles. The summed E-state index contributed by atoms with van der Waals surface area (Å²) in [4.78, 5) is 17.0. The van der Waals surface area contributed by atoms with E-state index in [9.17, 15) is 9.00 Å². The van der Waals surface area contributed by atoms with Gasteiger partial charge in [-0.05, 0) is 37.4 Å². The van der Waals surface area contributed by atoms with Crippen LogP contribution in [0.2, 0.25) is 0 Å². The second-order valence-electron chi connectivity index (χ2n) is 6.43. The third kappa shape index (κ3) is 6.44. The topological polar surface area (TPSA) is 40.6 Å². The lowest BCUT2D eigenvalue weighted by molar-refractivity contribution is 0.0732. The molecule has 0 heterocycles. The highest BCUT2D eigenvalue weighted by Gasteiger charge is 2.17. The van der Waals surface area contributed by atoms with E-state index in [1.807, 2.05) is 73.6 Å². The van der Waals surface area contributed by atoms with E-state index < -0.39 is 10.8 Å². The van der Waals surface area contributed by atoms with E-state index in [1.54, 1.807) is 6.26 Å². The number of hydrogen-bond donors (Lipinski definition) is 0. The lowest BCUT2D eigenvalue weighted by Gasteiger charge is -2.25. The molecule has 2 rings (SSSR count). The maximum Gasteiger partial charge on any atom is 0.254 e. The van der Waals surface area contributed by atoms with Crippen molar-refractivity contribution in [2.45, 2.75) is 12.3 Å². The third-order valence-corrected chi connectivity index (χ3v) is 4.60. The Kier molecular flexibility index (Phi) is 7.34. The second-order valence-corrected chi connectivity index (χ2v) is 7.87. The maximum atomic E-state index is 13.0. The highest BCUT2D eigenvalue weighted by molar-refractivity contribution is 7.83. The zero-order valence-corrected chi connectivity index (χ0v) is 16.0. The Bertz CT molecular complexity index is 717. The van der Waals surface area contributed by atoms with Gasteiger partial charge in [0.2, 0.25) is 0 Å². The smallest absolute Gasteiger partial charge is 0.254 e. The first-order valence-corrected chi connectivity index (χ1v) is 10.1. The van der Waals surface area contributed by atoms with Crippen LogP contribution in [0.1, 0.15) is 21.5 Å². The van der Waals surface area contributed by atoms with Crippen molar-refractivity contribution >= 4 is 16.7 Å². The fourth-order valence-corrected chi connectivity index (χ4v) is 3.24. The summed E-state index contributed by atoms with van der Waals surface area (Å²) in [6.45, 7) is 2.04. The van der Waals surface area contributed by atoms with Gasteiger partial charge in [0.25, 0.3) is 5.91 Å². The van der Waals surface area contributed by atoms with Crippen molar-refractivity contribution in [3.8, 4) is 0 Å². The van der Waals surface area contributed by atoms with Crippen molar-refractivity contribution in [2.24, 2.45) is 0 Å². The minimum absolute atomic E-state index is 0.00874. The molecule has 2 aromatic rings. The van der Waals surface area contributed by atoms with Gasteiger partial charge in [-0.15, -0.1) is 0 Å². The average Bonchev–Trinajstić information content (AvgIpc) is 2.58. The maximum absolute atomic E-state index is 13.0. The first kappa shape index (κ1) is 19.3. The van der Waals surface area contributed by atoms with Crippen molar-refractivity contribution in [3.05, 3.63) is 71.3 Å². The summed E-state index contributed by atoms with van der Waals surface area (Å²) in [6, 6.07) is 17.5. The molecule has 134 valence electrons. The third-order valence-electron chi connectivity index (χ3n) is 3.86. The van der Waals surface area contributed by atoms with Gasteiger partial charge < -0.3 is 9.80 Å². The number of rotatable bonds is 8. The van der Waals surface area contributed by atoms with Crippen LogP contribution >= 0.6 is 0 Å². The number of amides is 1. The van der Waals surface area contributed by atoms with Crippen molar-refractivity contribution in [3.63, 3.8) is 0 Å². The number of carbonyl (C=O) groups is 1. The van der Waals surface area contributed by atoms with Crippen LogP contribution < -0.4 is 0 Å². The number of benzene rings is 2. The zero-order chi connectivity index (χ0) is 18.2. The predicted molar refractivity (Wildman–Crippen MR) is 104 cm³/mol. The molecule has 2 aromatic carbocycles. The molecule has 25 heavy (non-hydrogen) atoms. The first-order chi connectivity index (χ1) is 12.0. The van der Waals surface area contributed by atoms with Gasteiger partial charge in [0.05, 0.1) is 0 Å². The zero-order valence-electron chi connectivity index (χ0n) is 15.1. The van der Waals surface area contributed by atoms with E-state index in [4.69, 9.17) is 0 Å². The first-order valence-electron chi connectivity index (χ1n) is 8.32. The Balaban J connectivity index is 2.20. The van der Waals surface area contributed by atoms with Crippen molar-refractivity contribution in [2.75, 3.05) is 33.4 Å². The fraction of sp³-hybridized carbons (Fsp3) is 0.350. The van der Waals surface area contributed by atoms with Gasteiger partial charge in [-0.25, -0.2) is 0 Å². The Morgan fingerprint density at radius 2 is 1.64 bits per heavy atom. The van der Waals surface area contributed by atoms with Crippen molar-refractivity contribution < 1.29 is 9.00 Å². The van der Waals surface area contributed by atoms with Crippen LogP contribution in [0, 0.1) is 0 Å². The summed E-state index contributed by atoms with van der Waals surface area (Å²) in [5, 5.41) is 0. The Morgan fingerprint density at radius 1 is 0.960 bits per heavy atom. The lowest BCUT2D eigenvalue weighted by Crippen LogP contribution is -2.36. The molecule has 4 nitrogen and oxygen atoms in total. The molecule has 0 bridgehead atoms. The summed E-state index contributed by atoms with van der Waals surface area (Å²) in [5.74, 6) is 0.478. The van der Waals surface area contributed by atoms with E-state index in [2.05, 4.69) is 4.90 Å². The summed E-state index contributed by atoms with van der Waals surface area (Å²) < 4.78 is 11.5. The molecule has 1 unspecified atom stereocenters. The van der Waals surface area contributed by atoms with Crippen LogP contribution in [0.25, 0.3) is 0 Å². The number of carbonyl (C=O) groups excluding carboxylic acids is 1. The van der Waals surface area contributed by atoms with Crippen LogP contribution in [0.15, 0.2) is 54.6 Å². The molecule has 1 atom stereocenters. The molecule has 0 fully saturated rings. The molecule has 0 aliphatic rings. The van der Waals surface area contributed by atoms with E-state index in [1.165, 1.54) is 0 Å². The summed E-state index contributed by atoms with van der Waals surface area (Å²) in [5.41, 5.74) is 2.69. The molecular formula is C20H26N2O2S. The molecule has 0 N–H and O–H groups in total. The highest BCUT2D eigenvalue weighted by Crippen LogP contribution is 2.13. The van der Waals surface area contributed by atoms with Gasteiger partial charge in [-0.2, -0.15) is 0 Å². The average molecular weight is 359 g/mol. The van der Waals surface area contributed by atoms with Gasteiger partial charge in [0.1, 0.15) is 0 Å². The van der Waals surface area contributed by atoms with Crippen LogP contribution in [0.4, 0.5) is 0 Å². The van der Waals surface area contributed by atoms with Gasteiger partial charge in [0, 0.05) is 48.0 Å². The predicted octanol–water partition coefficient (Wildman–Crippen LogP) is 2.77. The molecule has 0 saturated carbocycles. The molecule has 0 aliphatic carbocycles. The Labute approximate surface area is 152 Å². The highest BCUT2D eigenvalue weighted by atomic mass is 32.2. The monoisotopic (exact) mass is 358 g/mol. The molecule has 1 amide bonds. The molecule has 5 heteroatoms. The molecular weight excluding hydrogens is 332 g/mol. The van der Waals surface area contributed by atoms with Crippen LogP contribution in [0.5, 0.6) is 0 Å². The number of hydrogen-bond acceptors (Lipinski definition) is 3. The van der Waals surface area contributed by atoms with E-state index in [0.29, 0.717) is 24.4 Å². The normalized spacial score (nSPS) is 12.2. The van der Waals surface area contributed by atoms with Crippen molar-refractivity contribution in [1.82, 2.24) is 9.80 Å². The van der Waals surface area contributed by atoms with E-state index in [0.717, 1.165) is 17.7 Å². The molecule has 0 radical (unpaired) electrons. The van der Waals surface area contributed by atoms with Crippen molar-refractivity contribution in [1.29, 1.82) is 0 Å². The summed E-state index contributed by atoms with van der Waals surface area (Å²) in [6.07, 6.45) is 1.67. The Hall–Kier alpha value is -1.98. The summed E-state index contributed by atoms with van der Waals surface area (Å²) >= 11 is 0. The van der Waals surface area contributed by atoms with Crippen LogP contribution in [-0.4, -0.2) is 53.4 Å². The Morgan fingerprint density at radius 3 is 2.28 bits per heavy atom. The minimum Gasteiger partial charge on any atom is -0.333 e. The van der Waals surface area contributed by atoms with Gasteiger partial charge in [-0.1, -0.05) is 42.5 Å². The van der Waals surface area contributed by atoms with Gasteiger partial charge in [-0.3, -0.25) is 9.00 Å². The molecule has 0 spiro atoms. The van der Waals surface area contributed by atoms with Gasteiger partial charge in [0.15, 0.2) is 0 Å². The minimum atomic E-state index is -0.921.